The van der Waals surface area contributed by atoms with Gasteiger partial charge in [-0.25, -0.2) is 9.59 Å². The molecule has 0 atom stereocenters. The van der Waals surface area contributed by atoms with E-state index in [-0.39, 0.29) is 17.8 Å². The maximum absolute atomic E-state index is 12.1. The van der Waals surface area contributed by atoms with Crippen LogP contribution in [0.25, 0.3) is 0 Å². The van der Waals surface area contributed by atoms with Gasteiger partial charge in [0.15, 0.2) is 6.61 Å². The molecule has 2 N–H and O–H groups in total. The van der Waals surface area contributed by atoms with Crippen LogP contribution in [0.2, 0.25) is 0 Å². The average molecular weight is 348 g/mol. The second-order valence-corrected chi connectivity index (χ2v) is 4.26. The van der Waals surface area contributed by atoms with Crippen molar-refractivity contribution in [2.75, 3.05) is 13.2 Å². The number of alkyl halides is 5. The molecule has 0 radical (unpaired) electrons. The van der Waals surface area contributed by atoms with Crippen LogP contribution in [0.15, 0.2) is 23.8 Å². The van der Waals surface area contributed by atoms with E-state index in [2.05, 4.69) is 11.3 Å². The second kappa shape index (κ2) is 9.93. The number of rotatable bonds is 6. The Kier molecular flexibility index (Phi) is 10.1. The van der Waals surface area contributed by atoms with E-state index in [1.807, 2.05) is 0 Å². The van der Waals surface area contributed by atoms with E-state index in [4.69, 9.17) is 10.2 Å². The zero-order chi connectivity index (χ0) is 18.8. The van der Waals surface area contributed by atoms with Crippen molar-refractivity contribution in [2.24, 2.45) is 0 Å². The molecule has 23 heavy (non-hydrogen) atoms. The molecule has 0 spiro atoms. The number of halogens is 5. The number of esters is 1. The molecule has 0 aromatic rings. The molecular formula is C13H17F5O5. The van der Waals surface area contributed by atoms with Crippen molar-refractivity contribution in [1.29, 1.82) is 0 Å². The van der Waals surface area contributed by atoms with Gasteiger partial charge >= 0.3 is 24.0 Å². The summed E-state index contributed by atoms with van der Waals surface area (Å²) in [5.74, 6) is -7.24. The molecule has 0 rings (SSSR count). The Balaban J connectivity index is 0. The van der Waals surface area contributed by atoms with Crippen LogP contribution in [0, 0.1) is 0 Å². The van der Waals surface area contributed by atoms with Crippen molar-refractivity contribution in [1.82, 2.24) is 0 Å². The predicted octanol–water partition coefficient (Wildman–Crippen LogP) is 2.70. The Hall–Kier alpha value is -1.97. The number of hydrogen-bond donors (Lipinski definition) is 2. The van der Waals surface area contributed by atoms with Gasteiger partial charge in [-0.3, -0.25) is 0 Å². The lowest BCUT2D eigenvalue weighted by molar-refractivity contribution is -0.293. The summed E-state index contributed by atoms with van der Waals surface area (Å²) in [5, 5.41) is 16.5. The molecule has 10 heteroatoms. The van der Waals surface area contributed by atoms with Gasteiger partial charge in [0.25, 0.3) is 0 Å². The molecule has 0 heterocycles. The number of ether oxygens (including phenoxy) is 1. The zero-order valence-electron chi connectivity index (χ0n) is 12.4. The fourth-order valence-corrected chi connectivity index (χ4v) is 0.730. The maximum Gasteiger partial charge on any atom is 0.456 e. The quantitative estimate of drug-likeness (QED) is 0.438. The predicted molar refractivity (Wildman–Crippen MR) is 69.9 cm³/mol. The minimum atomic E-state index is -5.72. The lowest BCUT2D eigenvalue weighted by atomic mass is 10.2. The molecule has 5 nitrogen and oxygen atoms in total. The van der Waals surface area contributed by atoms with Gasteiger partial charge in [0.2, 0.25) is 0 Å². The summed E-state index contributed by atoms with van der Waals surface area (Å²) in [7, 11) is 0. The highest BCUT2D eigenvalue weighted by atomic mass is 19.4. The van der Waals surface area contributed by atoms with Gasteiger partial charge in [0.05, 0.1) is 0 Å². The second-order valence-electron chi connectivity index (χ2n) is 4.26. The molecule has 0 unspecified atom stereocenters. The van der Waals surface area contributed by atoms with Crippen LogP contribution in [0.1, 0.15) is 20.3 Å². The number of carboxylic acid groups (broad SMARTS) is 1. The van der Waals surface area contributed by atoms with Gasteiger partial charge < -0.3 is 14.9 Å². The fourth-order valence-electron chi connectivity index (χ4n) is 0.730. The zero-order valence-corrected chi connectivity index (χ0v) is 12.4. The van der Waals surface area contributed by atoms with Gasteiger partial charge in [-0.05, 0) is 20.3 Å². The molecule has 134 valence electrons. The van der Waals surface area contributed by atoms with Crippen LogP contribution in [0.4, 0.5) is 22.0 Å². The Morgan fingerprint density at radius 3 is 1.96 bits per heavy atom. The van der Waals surface area contributed by atoms with Gasteiger partial charge in [-0.15, -0.1) is 0 Å². The highest BCUT2D eigenvalue weighted by Crippen LogP contribution is 2.35. The first kappa shape index (κ1) is 23.3. The highest BCUT2D eigenvalue weighted by Gasteiger charge is 2.58. The Morgan fingerprint density at radius 2 is 1.65 bits per heavy atom. The Bertz CT molecular complexity index is 454. The minimum absolute atomic E-state index is 0.00458. The van der Waals surface area contributed by atoms with Crippen LogP contribution >= 0.6 is 0 Å². The summed E-state index contributed by atoms with van der Waals surface area (Å²) in [6.45, 7) is 3.63. The summed E-state index contributed by atoms with van der Waals surface area (Å²) in [6, 6.07) is 0. The maximum atomic E-state index is 12.1. The molecule has 0 aromatic heterocycles. The average Bonchev–Trinajstić information content (AvgIpc) is 2.41. The molecule has 0 amide bonds. The minimum Gasteiger partial charge on any atom is -0.478 e. The third-order valence-electron chi connectivity index (χ3n) is 2.06. The molecule has 0 aliphatic heterocycles. The number of aliphatic hydroxyl groups excluding tert-OH is 1. The third kappa shape index (κ3) is 10.4. The van der Waals surface area contributed by atoms with Gasteiger partial charge in [0, 0.05) is 17.8 Å². The van der Waals surface area contributed by atoms with Crippen LogP contribution in [-0.4, -0.2) is 47.5 Å². The number of aliphatic hydroxyl groups is 1. The van der Waals surface area contributed by atoms with Crippen molar-refractivity contribution in [3.05, 3.63) is 23.8 Å². The SMILES string of the molecule is C=C(C)C(=O)OCC(F)(F)C(F)(F)F.CC(=CCCO)C(=O)O. The molecule has 0 saturated carbocycles. The van der Waals surface area contributed by atoms with Crippen LogP contribution in [-0.2, 0) is 14.3 Å². The number of hydrogen-bond acceptors (Lipinski definition) is 4. The van der Waals surface area contributed by atoms with Gasteiger partial charge in [-0.2, -0.15) is 22.0 Å². The van der Waals surface area contributed by atoms with E-state index >= 15 is 0 Å². The summed E-state index contributed by atoms with van der Waals surface area (Å²) in [4.78, 5) is 20.5. The lowest BCUT2D eigenvalue weighted by Crippen LogP contribution is -2.41. The first-order valence-electron chi connectivity index (χ1n) is 6.04. The van der Waals surface area contributed by atoms with Crippen molar-refractivity contribution in [3.63, 3.8) is 0 Å². The molecule has 0 aliphatic carbocycles. The Labute approximate surface area is 129 Å². The van der Waals surface area contributed by atoms with Crippen LogP contribution < -0.4 is 0 Å². The summed E-state index contributed by atoms with van der Waals surface area (Å²) in [5.41, 5.74) is 0.0343. The Morgan fingerprint density at radius 1 is 1.17 bits per heavy atom. The molecular weight excluding hydrogens is 331 g/mol. The third-order valence-corrected chi connectivity index (χ3v) is 2.06. The van der Waals surface area contributed by atoms with Crippen molar-refractivity contribution in [2.45, 2.75) is 32.4 Å². The molecule has 0 saturated heterocycles. The van der Waals surface area contributed by atoms with Crippen molar-refractivity contribution >= 4 is 11.9 Å². The number of aliphatic carboxylic acids is 1. The first-order chi connectivity index (χ1) is 10.3. The highest BCUT2D eigenvalue weighted by molar-refractivity contribution is 5.87. The standard InChI is InChI=1S/C7H7F5O2.C6H10O3/c1-4(2)5(13)14-3-6(8,9)7(10,11)12;1-5(6(8)9)3-2-4-7/h1,3H2,2H3;3,7H,2,4H2,1H3,(H,8,9). The van der Waals surface area contributed by atoms with E-state index in [0.717, 1.165) is 6.92 Å². The van der Waals surface area contributed by atoms with Crippen LogP contribution in [0.5, 0.6) is 0 Å². The largest absolute Gasteiger partial charge is 0.478 e. The normalized spacial score (nSPS) is 12.1. The van der Waals surface area contributed by atoms with E-state index < -0.39 is 30.6 Å². The summed E-state index contributed by atoms with van der Waals surface area (Å²) in [6.07, 6.45) is -3.82. The molecule has 0 bridgehead atoms. The lowest BCUT2D eigenvalue weighted by Gasteiger charge is -2.18. The van der Waals surface area contributed by atoms with E-state index in [0.29, 0.717) is 6.42 Å². The number of carbonyl (C=O) groups is 2. The van der Waals surface area contributed by atoms with E-state index in [9.17, 15) is 31.5 Å². The van der Waals surface area contributed by atoms with Gasteiger partial charge in [-0.1, -0.05) is 12.7 Å². The molecule has 0 fully saturated rings. The fraction of sp³-hybridized carbons (Fsp3) is 0.538. The van der Waals surface area contributed by atoms with E-state index in [1.54, 1.807) is 0 Å². The molecule has 0 aliphatic rings. The monoisotopic (exact) mass is 348 g/mol. The smallest absolute Gasteiger partial charge is 0.456 e. The summed E-state index contributed by atoms with van der Waals surface area (Å²) < 4.78 is 62.5. The number of carbonyl (C=O) groups excluding carboxylic acids is 1. The van der Waals surface area contributed by atoms with Crippen molar-refractivity contribution in [3.8, 4) is 0 Å². The van der Waals surface area contributed by atoms with E-state index in [1.165, 1.54) is 13.0 Å². The number of carboxylic acids is 1. The van der Waals surface area contributed by atoms with Crippen LogP contribution in [0.3, 0.4) is 0 Å². The molecule has 0 aromatic carbocycles. The van der Waals surface area contributed by atoms with Crippen molar-refractivity contribution < 1.29 is 46.5 Å². The topological polar surface area (TPSA) is 83.8 Å². The summed E-state index contributed by atoms with van der Waals surface area (Å²) >= 11 is 0. The van der Waals surface area contributed by atoms with Gasteiger partial charge in [0.1, 0.15) is 0 Å². The first-order valence-corrected chi connectivity index (χ1v) is 6.04.